The number of aryl methyl sites for hydroxylation is 1. The molecule has 0 amide bonds. The fraction of sp³-hybridized carbons (Fsp3) is 0.318. The van der Waals surface area contributed by atoms with Crippen LogP contribution in [0.25, 0.3) is 11.3 Å². The molecule has 0 fully saturated rings. The fourth-order valence-corrected chi connectivity index (χ4v) is 3.71. The zero-order chi connectivity index (χ0) is 18.0. The molecule has 0 aliphatic carbocycles. The summed E-state index contributed by atoms with van der Waals surface area (Å²) in [4.78, 5) is 4.81. The molecule has 0 spiro atoms. The van der Waals surface area contributed by atoms with E-state index in [9.17, 15) is 0 Å². The van der Waals surface area contributed by atoms with Gasteiger partial charge in [-0.15, -0.1) is 11.3 Å². The van der Waals surface area contributed by atoms with E-state index < -0.39 is 0 Å². The number of hydrogen-bond acceptors (Lipinski definition) is 3. The first kappa shape index (κ1) is 17.7. The third kappa shape index (κ3) is 3.93. The predicted molar refractivity (Wildman–Crippen MR) is 110 cm³/mol. The van der Waals surface area contributed by atoms with Crippen molar-refractivity contribution in [1.82, 2.24) is 4.98 Å². The first-order valence-corrected chi connectivity index (χ1v) is 9.76. The van der Waals surface area contributed by atoms with Crippen LogP contribution in [0.5, 0.6) is 0 Å². The summed E-state index contributed by atoms with van der Waals surface area (Å²) >= 11 is 1.66. The molecule has 0 bridgehead atoms. The topological polar surface area (TPSA) is 24.9 Å². The Morgan fingerprint density at radius 2 is 1.48 bits per heavy atom. The molecule has 0 aliphatic heterocycles. The van der Waals surface area contributed by atoms with Crippen molar-refractivity contribution in [3.05, 3.63) is 64.5 Å². The summed E-state index contributed by atoms with van der Waals surface area (Å²) in [6, 6.07) is 15.1. The van der Waals surface area contributed by atoms with E-state index in [1.165, 1.54) is 22.4 Å². The van der Waals surface area contributed by atoms with Gasteiger partial charge in [-0.1, -0.05) is 75.7 Å². The fourth-order valence-electron chi connectivity index (χ4n) is 2.99. The molecule has 0 atom stereocenters. The molecule has 2 nitrogen and oxygen atoms in total. The molecular formula is C22H26N2S. The monoisotopic (exact) mass is 350 g/mol. The number of nitrogens with zero attached hydrogens (tertiary/aromatic N) is 1. The Morgan fingerprint density at radius 1 is 0.880 bits per heavy atom. The molecule has 1 heterocycles. The van der Waals surface area contributed by atoms with Crippen molar-refractivity contribution in [1.29, 1.82) is 0 Å². The Hall–Kier alpha value is -2.13. The highest BCUT2D eigenvalue weighted by Gasteiger charge is 2.15. The molecule has 3 aromatic rings. The highest BCUT2D eigenvalue weighted by molar-refractivity contribution is 7.14. The molecule has 1 aromatic heterocycles. The van der Waals surface area contributed by atoms with Crippen LogP contribution in [-0.4, -0.2) is 4.98 Å². The summed E-state index contributed by atoms with van der Waals surface area (Å²) in [5.41, 5.74) is 7.37. The molecule has 0 radical (unpaired) electrons. The van der Waals surface area contributed by atoms with E-state index >= 15 is 0 Å². The maximum Gasteiger partial charge on any atom is 0.187 e. The highest BCUT2D eigenvalue weighted by Crippen LogP contribution is 2.36. The number of hydrogen-bond donors (Lipinski definition) is 1. The van der Waals surface area contributed by atoms with Gasteiger partial charge in [-0.25, -0.2) is 4.98 Å². The van der Waals surface area contributed by atoms with Crippen LogP contribution in [-0.2, 0) is 0 Å². The van der Waals surface area contributed by atoms with Gasteiger partial charge in [0, 0.05) is 16.6 Å². The lowest BCUT2D eigenvalue weighted by Crippen LogP contribution is -2.03. The van der Waals surface area contributed by atoms with Crippen molar-refractivity contribution in [2.45, 2.75) is 46.5 Å². The van der Waals surface area contributed by atoms with Crippen molar-refractivity contribution in [3.63, 3.8) is 0 Å². The van der Waals surface area contributed by atoms with Gasteiger partial charge in [-0.3, -0.25) is 0 Å². The summed E-state index contributed by atoms with van der Waals surface area (Å²) in [7, 11) is 0. The van der Waals surface area contributed by atoms with Gasteiger partial charge < -0.3 is 5.32 Å². The number of para-hydroxylation sites is 1. The summed E-state index contributed by atoms with van der Waals surface area (Å²) < 4.78 is 0. The van der Waals surface area contributed by atoms with Crippen molar-refractivity contribution in [3.8, 4) is 11.3 Å². The Balaban J connectivity index is 1.94. The van der Waals surface area contributed by atoms with E-state index in [4.69, 9.17) is 4.98 Å². The second-order valence-corrected chi connectivity index (χ2v) is 8.01. The van der Waals surface area contributed by atoms with Crippen molar-refractivity contribution in [2.24, 2.45) is 0 Å². The maximum atomic E-state index is 4.81. The summed E-state index contributed by atoms with van der Waals surface area (Å²) in [6.07, 6.45) is 0. The zero-order valence-electron chi connectivity index (χ0n) is 15.6. The average Bonchev–Trinajstić information content (AvgIpc) is 3.03. The minimum absolute atomic E-state index is 0.470. The van der Waals surface area contributed by atoms with E-state index in [-0.39, 0.29) is 0 Å². The lowest BCUT2D eigenvalue weighted by atomic mass is 9.93. The second-order valence-electron chi connectivity index (χ2n) is 7.15. The van der Waals surface area contributed by atoms with Crippen LogP contribution in [0.15, 0.2) is 47.8 Å². The number of rotatable bonds is 5. The smallest absolute Gasteiger partial charge is 0.187 e. The number of aromatic nitrogens is 1. The lowest BCUT2D eigenvalue weighted by Gasteiger charge is -2.19. The van der Waals surface area contributed by atoms with Crippen LogP contribution in [0.2, 0.25) is 0 Å². The molecule has 0 aliphatic rings. The zero-order valence-corrected chi connectivity index (χ0v) is 16.4. The van der Waals surface area contributed by atoms with Gasteiger partial charge in [0.05, 0.1) is 5.69 Å². The minimum atomic E-state index is 0.470. The van der Waals surface area contributed by atoms with Gasteiger partial charge >= 0.3 is 0 Å². The largest absolute Gasteiger partial charge is 0.331 e. The number of benzene rings is 2. The first-order valence-electron chi connectivity index (χ1n) is 8.88. The summed E-state index contributed by atoms with van der Waals surface area (Å²) in [5, 5.41) is 6.69. The van der Waals surface area contributed by atoms with Gasteiger partial charge in [0.15, 0.2) is 5.13 Å². The van der Waals surface area contributed by atoms with E-state index in [1.807, 2.05) is 0 Å². The maximum absolute atomic E-state index is 4.81. The van der Waals surface area contributed by atoms with E-state index in [2.05, 4.69) is 87.8 Å². The molecule has 0 saturated carbocycles. The van der Waals surface area contributed by atoms with Crippen LogP contribution in [0.1, 0.15) is 56.2 Å². The number of nitrogens with one attached hydrogen (secondary N) is 1. The Bertz CT molecular complexity index is 818. The average molecular weight is 351 g/mol. The third-order valence-electron chi connectivity index (χ3n) is 4.46. The van der Waals surface area contributed by atoms with Crippen LogP contribution < -0.4 is 5.32 Å². The standard InChI is InChI=1S/C22H26N2S/c1-14(2)18-7-6-8-19(15(3)4)21(18)24-22-23-20(13-25-22)17-11-9-16(5)10-12-17/h6-15H,1-5H3,(H,23,24). The lowest BCUT2D eigenvalue weighted by molar-refractivity contribution is 0.838. The second kappa shape index (κ2) is 7.40. The SMILES string of the molecule is Cc1ccc(-c2csc(Nc3c(C(C)C)cccc3C(C)C)n2)cc1. The van der Waals surface area contributed by atoms with Crippen molar-refractivity contribution >= 4 is 22.2 Å². The first-order chi connectivity index (χ1) is 12.0. The predicted octanol–water partition coefficient (Wildman–Crippen LogP) is 7.11. The van der Waals surface area contributed by atoms with Crippen molar-refractivity contribution < 1.29 is 0 Å². The van der Waals surface area contributed by atoms with Crippen LogP contribution in [0.3, 0.4) is 0 Å². The highest BCUT2D eigenvalue weighted by atomic mass is 32.1. The molecule has 130 valence electrons. The van der Waals surface area contributed by atoms with E-state index in [1.54, 1.807) is 11.3 Å². The summed E-state index contributed by atoms with van der Waals surface area (Å²) in [5.74, 6) is 0.940. The minimum Gasteiger partial charge on any atom is -0.331 e. The van der Waals surface area contributed by atoms with Crippen LogP contribution in [0.4, 0.5) is 10.8 Å². The molecular weight excluding hydrogens is 324 g/mol. The molecule has 0 unspecified atom stereocenters. The summed E-state index contributed by atoms with van der Waals surface area (Å²) in [6.45, 7) is 11.1. The van der Waals surface area contributed by atoms with E-state index in [0.717, 1.165) is 16.4 Å². The van der Waals surface area contributed by atoms with Gasteiger partial charge in [0.25, 0.3) is 0 Å². The third-order valence-corrected chi connectivity index (χ3v) is 5.21. The molecule has 3 rings (SSSR count). The number of thiazole rings is 1. The van der Waals surface area contributed by atoms with Gasteiger partial charge in [0.1, 0.15) is 0 Å². The molecule has 3 heteroatoms. The normalized spacial score (nSPS) is 11.3. The Labute approximate surface area is 155 Å². The number of anilines is 2. The Morgan fingerprint density at radius 3 is 2.04 bits per heavy atom. The van der Waals surface area contributed by atoms with Crippen LogP contribution >= 0.6 is 11.3 Å². The van der Waals surface area contributed by atoms with E-state index in [0.29, 0.717) is 11.8 Å². The van der Waals surface area contributed by atoms with Gasteiger partial charge in [-0.2, -0.15) is 0 Å². The molecule has 25 heavy (non-hydrogen) atoms. The van der Waals surface area contributed by atoms with Gasteiger partial charge in [0.2, 0.25) is 0 Å². The van der Waals surface area contributed by atoms with Gasteiger partial charge in [-0.05, 0) is 29.9 Å². The Kier molecular flexibility index (Phi) is 5.24. The molecule has 0 saturated heterocycles. The molecule has 2 aromatic carbocycles. The van der Waals surface area contributed by atoms with Crippen LogP contribution in [0, 0.1) is 6.92 Å². The quantitative estimate of drug-likeness (QED) is 0.530. The molecule has 1 N–H and O–H groups in total. The van der Waals surface area contributed by atoms with Crippen molar-refractivity contribution in [2.75, 3.05) is 5.32 Å².